The maximum absolute atomic E-state index is 12.7. The zero-order valence-electron chi connectivity index (χ0n) is 10.9. The van der Waals surface area contributed by atoms with E-state index >= 15 is 0 Å². The van der Waals surface area contributed by atoms with Gasteiger partial charge in [-0.2, -0.15) is 0 Å². The van der Waals surface area contributed by atoms with E-state index in [1.807, 2.05) is 10.3 Å². The second-order valence-corrected chi connectivity index (χ2v) is 8.33. The molecule has 0 radical (unpaired) electrons. The first-order valence-corrected chi connectivity index (χ1v) is 8.90. The molecular weight excluding hydrogens is 399 g/mol. The van der Waals surface area contributed by atoms with E-state index in [1.165, 1.54) is 30.3 Å². The number of thiophene rings is 1. The van der Waals surface area contributed by atoms with E-state index < -0.39 is 28.4 Å². The molecule has 0 aliphatic rings. The third kappa shape index (κ3) is 4.77. The minimum Gasteiger partial charge on any atom is -0.484 e. The summed E-state index contributed by atoms with van der Waals surface area (Å²) in [6, 6.07) is 8.07. The van der Waals surface area contributed by atoms with Crippen molar-refractivity contribution in [1.29, 1.82) is 0 Å². The molecule has 0 atom stereocenters. The summed E-state index contributed by atoms with van der Waals surface area (Å²) in [6.45, 7) is -0.414. The van der Waals surface area contributed by atoms with Crippen molar-refractivity contribution in [1.82, 2.24) is 10.3 Å². The Bertz CT molecular complexity index is 762. The van der Waals surface area contributed by atoms with Gasteiger partial charge in [0.2, 0.25) is 0 Å². The molecule has 0 aliphatic heterocycles. The average molecular weight is 409 g/mol. The predicted molar refractivity (Wildman–Crippen MR) is 82.4 cm³/mol. The van der Waals surface area contributed by atoms with Gasteiger partial charge in [-0.1, -0.05) is 0 Å². The molecule has 2 aromatic rings. The maximum Gasteiger partial charge on any atom is 0.272 e. The third-order valence-corrected chi connectivity index (χ3v) is 5.68. The monoisotopic (exact) mass is 408 g/mol. The maximum atomic E-state index is 12.7. The number of nitrogens with one attached hydrogen (secondary N) is 2. The fourth-order valence-electron chi connectivity index (χ4n) is 1.33. The van der Waals surface area contributed by atoms with E-state index in [0.29, 0.717) is 9.54 Å². The SMILES string of the molecule is O=C(COc1ccc(F)cc1)NNS(=O)(=O)c1ccc(Br)s1. The zero-order valence-corrected chi connectivity index (χ0v) is 14.1. The fraction of sp³-hybridized carbons (Fsp3) is 0.0833. The minimum atomic E-state index is -3.82. The van der Waals surface area contributed by atoms with Crippen LogP contribution in [0.3, 0.4) is 0 Å². The lowest BCUT2D eigenvalue weighted by molar-refractivity contribution is -0.123. The number of hydrogen-bond acceptors (Lipinski definition) is 5. The van der Waals surface area contributed by atoms with Crippen LogP contribution >= 0.6 is 27.3 Å². The quantitative estimate of drug-likeness (QED) is 0.716. The van der Waals surface area contributed by atoms with Crippen LogP contribution in [0.4, 0.5) is 4.39 Å². The van der Waals surface area contributed by atoms with E-state index in [4.69, 9.17) is 4.74 Å². The number of halogens is 2. The molecule has 2 rings (SSSR count). The highest BCUT2D eigenvalue weighted by atomic mass is 79.9. The number of amides is 1. The minimum absolute atomic E-state index is 0.0547. The van der Waals surface area contributed by atoms with Crippen LogP contribution in [-0.2, 0) is 14.8 Å². The van der Waals surface area contributed by atoms with Gasteiger partial charge in [-0.3, -0.25) is 10.2 Å². The first-order chi connectivity index (χ1) is 10.4. The lowest BCUT2D eigenvalue weighted by atomic mass is 10.3. The molecule has 0 saturated carbocycles. The first kappa shape index (κ1) is 16.9. The standard InChI is InChI=1S/C12H10BrFN2O4S2/c13-10-5-6-12(21-10)22(18,19)16-15-11(17)7-20-9-3-1-8(14)2-4-9/h1-6,16H,7H2,(H,15,17). The van der Waals surface area contributed by atoms with Crippen LogP contribution in [0, 0.1) is 5.82 Å². The molecule has 118 valence electrons. The van der Waals surface area contributed by atoms with Gasteiger partial charge in [0.1, 0.15) is 15.8 Å². The van der Waals surface area contributed by atoms with Crippen LogP contribution in [0.15, 0.2) is 44.4 Å². The van der Waals surface area contributed by atoms with Crippen molar-refractivity contribution < 1.29 is 22.3 Å². The van der Waals surface area contributed by atoms with Crippen molar-refractivity contribution in [2.75, 3.05) is 6.61 Å². The van der Waals surface area contributed by atoms with Gasteiger partial charge in [-0.25, -0.2) is 12.8 Å². The molecule has 10 heteroatoms. The molecule has 1 aromatic heterocycles. The molecular formula is C12H10BrFN2O4S2. The fourth-order valence-corrected chi connectivity index (χ4v) is 4.20. The Morgan fingerprint density at radius 2 is 1.91 bits per heavy atom. The Labute approximate surface area is 138 Å². The Morgan fingerprint density at radius 3 is 2.50 bits per heavy atom. The molecule has 1 aromatic carbocycles. The Balaban J connectivity index is 1.83. The van der Waals surface area contributed by atoms with E-state index in [9.17, 15) is 17.6 Å². The molecule has 0 unspecified atom stereocenters. The van der Waals surface area contributed by atoms with Gasteiger partial charge in [0.05, 0.1) is 3.79 Å². The van der Waals surface area contributed by atoms with Crippen LogP contribution in [0.1, 0.15) is 0 Å². The summed E-state index contributed by atoms with van der Waals surface area (Å²) in [5, 5.41) is 0. The molecule has 6 nitrogen and oxygen atoms in total. The average Bonchev–Trinajstić information content (AvgIpc) is 2.92. The van der Waals surface area contributed by atoms with Gasteiger partial charge in [-0.15, -0.1) is 16.2 Å². The number of sulfonamides is 1. The summed E-state index contributed by atoms with van der Waals surface area (Å²) < 4.78 is 42.2. The molecule has 0 fully saturated rings. The number of carbonyl (C=O) groups is 1. The summed E-state index contributed by atoms with van der Waals surface area (Å²) >= 11 is 4.16. The van der Waals surface area contributed by atoms with Crippen LogP contribution < -0.4 is 15.0 Å². The molecule has 0 aliphatic carbocycles. The molecule has 22 heavy (non-hydrogen) atoms. The van der Waals surface area contributed by atoms with Crippen molar-refractivity contribution in [3.8, 4) is 5.75 Å². The van der Waals surface area contributed by atoms with Crippen molar-refractivity contribution in [2.45, 2.75) is 4.21 Å². The summed E-state index contributed by atoms with van der Waals surface area (Å²) in [7, 11) is -3.82. The highest BCUT2D eigenvalue weighted by Gasteiger charge is 2.17. The summed E-state index contributed by atoms with van der Waals surface area (Å²) in [5.41, 5.74) is 2.03. The topological polar surface area (TPSA) is 84.5 Å². The second kappa shape index (κ2) is 7.18. The van der Waals surface area contributed by atoms with Crippen molar-refractivity contribution in [3.63, 3.8) is 0 Å². The van der Waals surface area contributed by atoms with E-state index in [0.717, 1.165) is 11.3 Å². The Hall–Kier alpha value is -1.49. The van der Waals surface area contributed by atoms with Gasteiger partial charge in [-0.05, 0) is 52.3 Å². The smallest absolute Gasteiger partial charge is 0.272 e. The van der Waals surface area contributed by atoms with E-state index in [-0.39, 0.29) is 4.21 Å². The molecule has 1 amide bonds. The molecule has 0 spiro atoms. The first-order valence-electron chi connectivity index (χ1n) is 5.81. The zero-order chi connectivity index (χ0) is 16.2. The molecule has 1 heterocycles. The summed E-state index contributed by atoms with van der Waals surface area (Å²) in [6.07, 6.45) is 0. The number of hydrogen-bond donors (Lipinski definition) is 2. The van der Waals surface area contributed by atoms with Gasteiger partial charge < -0.3 is 4.74 Å². The van der Waals surface area contributed by atoms with Gasteiger partial charge in [0, 0.05) is 0 Å². The number of ether oxygens (including phenoxy) is 1. The third-order valence-electron chi connectivity index (χ3n) is 2.32. The highest BCUT2D eigenvalue weighted by Crippen LogP contribution is 2.25. The van der Waals surface area contributed by atoms with Crippen LogP contribution in [0.5, 0.6) is 5.75 Å². The molecule has 2 N–H and O–H groups in total. The largest absolute Gasteiger partial charge is 0.484 e. The number of rotatable bonds is 6. The molecule has 0 bridgehead atoms. The normalized spacial score (nSPS) is 11.2. The van der Waals surface area contributed by atoms with E-state index in [2.05, 4.69) is 15.9 Å². The lowest BCUT2D eigenvalue weighted by Gasteiger charge is -2.08. The Morgan fingerprint density at radius 1 is 1.23 bits per heavy atom. The van der Waals surface area contributed by atoms with Crippen molar-refractivity contribution in [3.05, 3.63) is 46.0 Å². The van der Waals surface area contributed by atoms with Crippen LogP contribution in [0.25, 0.3) is 0 Å². The summed E-state index contributed by atoms with van der Waals surface area (Å²) in [4.78, 5) is 13.5. The van der Waals surface area contributed by atoms with Gasteiger partial charge >= 0.3 is 0 Å². The number of carbonyl (C=O) groups excluding carboxylic acids is 1. The van der Waals surface area contributed by atoms with Gasteiger partial charge in [0.15, 0.2) is 6.61 Å². The predicted octanol–water partition coefficient (Wildman–Crippen LogP) is 2.04. The Kier molecular flexibility index (Phi) is 5.51. The van der Waals surface area contributed by atoms with Crippen LogP contribution in [-0.4, -0.2) is 20.9 Å². The second-order valence-electron chi connectivity index (χ2n) is 3.95. The molecule has 0 saturated heterocycles. The van der Waals surface area contributed by atoms with Gasteiger partial charge in [0.25, 0.3) is 15.9 Å². The van der Waals surface area contributed by atoms with Crippen molar-refractivity contribution in [2.24, 2.45) is 0 Å². The lowest BCUT2D eigenvalue weighted by Crippen LogP contribution is -2.43. The highest BCUT2D eigenvalue weighted by molar-refractivity contribution is 9.11. The van der Waals surface area contributed by atoms with Crippen LogP contribution in [0.2, 0.25) is 0 Å². The van der Waals surface area contributed by atoms with E-state index in [1.54, 1.807) is 6.07 Å². The number of hydrazine groups is 1. The summed E-state index contributed by atoms with van der Waals surface area (Å²) in [5.74, 6) is -0.822. The number of benzene rings is 1. The van der Waals surface area contributed by atoms with Crippen molar-refractivity contribution >= 4 is 43.2 Å².